The van der Waals surface area contributed by atoms with Gasteiger partial charge in [0, 0.05) is 15.8 Å². The number of fused-ring (bicyclic) bond motifs is 3. The summed E-state index contributed by atoms with van der Waals surface area (Å²) in [5, 5.41) is 23.7. The molecule has 20 heavy (non-hydrogen) atoms. The van der Waals surface area contributed by atoms with Crippen molar-refractivity contribution in [1.82, 2.24) is 9.94 Å². The topological polar surface area (TPSA) is 61.9 Å². The first-order valence-corrected chi connectivity index (χ1v) is 7.52. The molecule has 0 bridgehead atoms. The van der Waals surface area contributed by atoms with Gasteiger partial charge in [0.2, 0.25) is 0 Å². The van der Waals surface area contributed by atoms with Crippen molar-refractivity contribution in [2.24, 2.45) is 0 Å². The van der Waals surface area contributed by atoms with E-state index < -0.39 is 0 Å². The summed E-state index contributed by atoms with van der Waals surface area (Å²) >= 11 is 1.77. The zero-order valence-corrected chi connectivity index (χ0v) is 11.9. The first kappa shape index (κ1) is 13.0. The standard InChI is InChI=1S/C15H15N3OS/c1-2-9-20-13-8-4-6-11-15(13)14-10(16)5-3-7-12(14)18(19)17-11/h3-8,16,19H,2,9H2,1H3. The number of nitrogens with zero attached hydrogens (tertiary/aromatic N) is 2. The van der Waals surface area contributed by atoms with Crippen LogP contribution >= 0.6 is 11.8 Å². The monoisotopic (exact) mass is 285 g/mol. The van der Waals surface area contributed by atoms with Gasteiger partial charge in [0.1, 0.15) is 5.69 Å². The molecule has 0 radical (unpaired) electrons. The first-order valence-electron chi connectivity index (χ1n) is 6.54. The van der Waals surface area contributed by atoms with Crippen LogP contribution in [0.2, 0.25) is 0 Å². The lowest BCUT2D eigenvalue weighted by molar-refractivity contribution is 0.152. The van der Waals surface area contributed by atoms with Crippen LogP contribution < -0.4 is 5.36 Å². The largest absolute Gasteiger partial charge is 0.411 e. The van der Waals surface area contributed by atoms with Crippen LogP contribution in [-0.2, 0) is 0 Å². The normalized spacial score (nSPS) is 11.2. The molecule has 0 saturated heterocycles. The zero-order chi connectivity index (χ0) is 14.1. The summed E-state index contributed by atoms with van der Waals surface area (Å²) in [4.78, 5) is 1.98. The third kappa shape index (κ3) is 2.04. The molecule has 0 amide bonds. The van der Waals surface area contributed by atoms with Crippen LogP contribution in [0.15, 0.2) is 41.3 Å². The van der Waals surface area contributed by atoms with Crippen molar-refractivity contribution in [1.29, 1.82) is 5.41 Å². The third-order valence-electron chi connectivity index (χ3n) is 3.18. The fourth-order valence-electron chi connectivity index (χ4n) is 2.31. The first-order chi connectivity index (χ1) is 9.72. The van der Waals surface area contributed by atoms with Crippen LogP contribution in [0.4, 0.5) is 0 Å². The molecule has 0 atom stereocenters. The van der Waals surface area contributed by atoms with Crippen molar-refractivity contribution in [3.63, 3.8) is 0 Å². The molecule has 4 nitrogen and oxygen atoms in total. The van der Waals surface area contributed by atoms with E-state index in [0.29, 0.717) is 16.6 Å². The molecule has 2 N–H and O–H groups in total. The highest BCUT2D eigenvalue weighted by Crippen LogP contribution is 2.34. The Hall–Kier alpha value is -2.01. The molecule has 1 aromatic carbocycles. The van der Waals surface area contributed by atoms with E-state index in [1.807, 2.05) is 12.1 Å². The second-order valence-electron chi connectivity index (χ2n) is 4.59. The Morgan fingerprint density at radius 3 is 2.85 bits per heavy atom. The number of hydrogen-bond acceptors (Lipinski definition) is 4. The Balaban J connectivity index is 2.42. The summed E-state index contributed by atoms with van der Waals surface area (Å²) in [6, 6.07) is 11.1. The van der Waals surface area contributed by atoms with Crippen molar-refractivity contribution in [3.8, 4) is 11.3 Å². The highest BCUT2D eigenvalue weighted by molar-refractivity contribution is 7.99. The molecule has 0 saturated carbocycles. The average molecular weight is 285 g/mol. The molecule has 1 aliphatic heterocycles. The van der Waals surface area contributed by atoms with E-state index in [1.165, 1.54) is 0 Å². The minimum absolute atomic E-state index is 0.405. The lowest BCUT2D eigenvalue weighted by Crippen LogP contribution is -2.13. The molecule has 1 heterocycles. The Bertz CT molecular complexity index is 797. The van der Waals surface area contributed by atoms with E-state index in [9.17, 15) is 5.21 Å². The SMILES string of the molecule is CCCSc1cccc2nn(O)c3cccc(=N)c-3c12. The molecule has 3 rings (SSSR count). The van der Waals surface area contributed by atoms with Crippen LogP contribution in [0.25, 0.3) is 22.2 Å². The van der Waals surface area contributed by atoms with Crippen LogP contribution in [0.1, 0.15) is 13.3 Å². The predicted octanol–water partition coefficient (Wildman–Crippen LogP) is 3.36. The van der Waals surface area contributed by atoms with Crippen LogP contribution in [0, 0.1) is 5.41 Å². The van der Waals surface area contributed by atoms with Gasteiger partial charge in [-0.05, 0) is 36.4 Å². The summed E-state index contributed by atoms with van der Waals surface area (Å²) < 4.78 is 0. The quantitative estimate of drug-likeness (QED) is 0.440. The van der Waals surface area contributed by atoms with Gasteiger partial charge in [0.25, 0.3) is 0 Å². The van der Waals surface area contributed by atoms with Gasteiger partial charge in [-0.25, -0.2) is 0 Å². The maximum atomic E-state index is 9.98. The maximum Gasteiger partial charge on any atom is 0.111 e. The van der Waals surface area contributed by atoms with Crippen molar-refractivity contribution < 1.29 is 5.21 Å². The van der Waals surface area contributed by atoms with Gasteiger partial charge >= 0.3 is 0 Å². The second-order valence-corrected chi connectivity index (χ2v) is 5.72. The molecule has 2 aliphatic rings. The van der Waals surface area contributed by atoms with Crippen LogP contribution in [0.5, 0.6) is 0 Å². The highest BCUT2D eigenvalue weighted by Gasteiger charge is 2.16. The molecule has 102 valence electrons. The number of rotatable bonds is 3. The molecule has 0 unspecified atom stereocenters. The minimum atomic E-state index is 0.405. The van der Waals surface area contributed by atoms with E-state index in [1.54, 1.807) is 30.0 Å². The second kappa shape index (κ2) is 5.17. The summed E-state index contributed by atoms with van der Waals surface area (Å²) in [7, 11) is 0. The Kier molecular flexibility index (Phi) is 3.36. The molecular formula is C15H15N3OS. The average Bonchev–Trinajstić information content (AvgIpc) is 2.45. The maximum absolute atomic E-state index is 9.98. The Morgan fingerprint density at radius 2 is 2.05 bits per heavy atom. The van der Waals surface area contributed by atoms with E-state index in [-0.39, 0.29) is 0 Å². The smallest absolute Gasteiger partial charge is 0.111 e. The van der Waals surface area contributed by atoms with Crippen molar-refractivity contribution in [2.75, 3.05) is 5.75 Å². The highest BCUT2D eigenvalue weighted by atomic mass is 32.2. The summed E-state index contributed by atoms with van der Waals surface area (Å²) in [5.41, 5.74) is 2.02. The van der Waals surface area contributed by atoms with Crippen molar-refractivity contribution >= 4 is 22.7 Å². The Morgan fingerprint density at radius 1 is 1.25 bits per heavy atom. The van der Waals surface area contributed by atoms with Crippen LogP contribution in [0.3, 0.4) is 0 Å². The van der Waals surface area contributed by atoms with Gasteiger partial charge < -0.3 is 10.6 Å². The van der Waals surface area contributed by atoms with Gasteiger partial charge in [0.05, 0.1) is 10.9 Å². The summed E-state index contributed by atoms with van der Waals surface area (Å²) in [6.07, 6.45) is 1.09. The summed E-state index contributed by atoms with van der Waals surface area (Å²) in [6.45, 7) is 2.14. The van der Waals surface area contributed by atoms with E-state index in [0.717, 1.165) is 32.9 Å². The molecule has 0 spiro atoms. The molecule has 1 aromatic rings. The van der Waals surface area contributed by atoms with Gasteiger partial charge in [-0.2, -0.15) is 0 Å². The predicted molar refractivity (Wildman–Crippen MR) is 80.4 cm³/mol. The molecule has 0 fully saturated rings. The number of nitrogens with one attached hydrogen (secondary N) is 1. The number of hydrogen-bond donors (Lipinski definition) is 2. The third-order valence-corrected chi connectivity index (χ3v) is 4.44. The lowest BCUT2D eigenvalue weighted by Gasteiger charge is -2.14. The van der Waals surface area contributed by atoms with Gasteiger partial charge in [-0.3, -0.25) is 0 Å². The van der Waals surface area contributed by atoms with Gasteiger partial charge in [-0.1, -0.05) is 19.1 Å². The Labute approximate surface area is 120 Å². The van der Waals surface area contributed by atoms with Gasteiger partial charge in [0.15, 0.2) is 0 Å². The zero-order valence-electron chi connectivity index (χ0n) is 11.1. The summed E-state index contributed by atoms with van der Waals surface area (Å²) in [5.74, 6) is 1.02. The molecular weight excluding hydrogens is 270 g/mol. The van der Waals surface area contributed by atoms with Crippen molar-refractivity contribution in [2.45, 2.75) is 18.2 Å². The van der Waals surface area contributed by atoms with E-state index in [2.05, 4.69) is 18.1 Å². The molecule has 1 aliphatic carbocycles. The lowest BCUT2D eigenvalue weighted by atomic mass is 10.0. The van der Waals surface area contributed by atoms with Gasteiger partial charge in [-0.15, -0.1) is 21.7 Å². The number of benzene rings is 2. The minimum Gasteiger partial charge on any atom is -0.411 e. The van der Waals surface area contributed by atoms with Crippen LogP contribution in [-0.4, -0.2) is 20.9 Å². The fraction of sp³-hybridized carbons (Fsp3) is 0.200. The number of aromatic nitrogens is 2. The van der Waals surface area contributed by atoms with E-state index >= 15 is 0 Å². The van der Waals surface area contributed by atoms with E-state index in [4.69, 9.17) is 5.41 Å². The fourth-order valence-corrected chi connectivity index (χ4v) is 3.26. The van der Waals surface area contributed by atoms with Crippen molar-refractivity contribution in [3.05, 3.63) is 41.8 Å². The molecule has 5 heteroatoms. The molecule has 0 aromatic heterocycles. The number of thioether (sulfide) groups is 1.